The Morgan fingerprint density at radius 2 is 1.09 bits per heavy atom. The standard InChI is InChI=1S/C52H49BN2O/c1-50(2,3)33-19-23-36(24-20-33)54-43-26-21-34(51(4,5)6)28-40(43)53-41-29-35(52(7,8)9)22-27-46(41)56-47-31-37(30-45(54)49(47)53)55-42-17-13-12-16-39(42)48-38-15-11-10-14-32(38)18-25-44(48)55/h10-31H,1-9H3. The van der Waals surface area contributed by atoms with E-state index in [1.54, 1.807) is 0 Å². The number of nitrogens with zero attached hydrogens (tertiary/aromatic N) is 2. The van der Waals surface area contributed by atoms with Crippen molar-refractivity contribution in [3.8, 4) is 17.2 Å². The first-order valence-electron chi connectivity index (χ1n) is 20.1. The zero-order chi connectivity index (χ0) is 38.9. The fourth-order valence-electron chi connectivity index (χ4n) is 9.21. The Balaban J connectivity index is 1.31. The van der Waals surface area contributed by atoms with Gasteiger partial charge in [0.25, 0.3) is 6.71 Å². The maximum atomic E-state index is 7.15. The van der Waals surface area contributed by atoms with Crippen LogP contribution in [-0.2, 0) is 16.2 Å². The van der Waals surface area contributed by atoms with Crippen LogP contribution in [0.2, 0.25) is 0 Å². The first-order valence-corrected chi connectivity index (χ1v) is 20.1. The summed E-state index contributed by atoms with van der Waals surface area (Å²) in [5.74, 6) is 1.84. The molecule has 0 fully saturated rings. The Morgan fingerprint density at radius 1 is 0.464 bits per heavy atom. The second kappa shape index (κ2) is 11.9. The molecule has 2 aliphatic heterocycles. The molecule has 0 amide bonds. The van der Waals surface area contributed by atoms with Crippen LogP contribution in [0.3, 0.4) is 0 Å². The summed E-state index contributed by atoms with van der Waals surface area (Å²) in [4.78, 5) is 2.50. The van der Waals surface area contributed by atoms with E-state index in [2.05, 4.69) is 205 Å². The number of fused-ring (bicyclic) bond motifs is 9. The van der Waals surface area contributed by atoms with E-state index in [1.165, 1.54) is 71.3 Å². The van der Waals surface area contributed by atoms with Crippen molar-refractivity contribution in [3.63, 3.8) is 0 Å². The molecule has 3 heterocycles. The zero-order valence-electron chi connectivity index (χ0n) is 34.1. The van der Waals surface area contributed by atoms with Crippen molar-refractivity contribution in [1.29, 1.82) is 0 Å². The lowest BCUT2D eigenvalue weighted by atomic mass is 9.33. The summed E-state index contributed by atoms with van der Waals surface area (Å²) in [6, 6.07) is 50.2. The number of hydrogen-bond donors (Lipinski definition) is 0. The van der Waals surface area contributed by atoms with Crippen LogP contribution in [0, 0.1) is 0 Å². The number of hydrogen-bond acceptors (Lipinski definition) is 2. The van der Waals surface area contributed by atoms with Crippen LogP contribution in [0.5, 0.6) is 11.5 Å². The van der Waals surface area contributed by atoms with E-state index in [4.69, 9.17) is 4.74 Å². The topological polar surface area (TPSA) is 17.4 Å². The minimum Gasteiger partial charge on any atom is -0.458 e. The van der Waals surface area contributed by atoms with Crippen LogP contribution in [-0.4, -0.2) is 11.3 Å². The molecule has 0 saturated carbocycles. The van der Waals surface area contributed by atoms with Crippen molar-refractivity contribution in [2.75, 3.05) is 4.90 Å². The average Bonchev–Trinajstić information content (AvgIpc) is 3.51. The molecular weight excluding hydrogens is 679 g/mol. The van der Waals surface area contributed by atoms with E-state index in [0.29, 0.717) is 0 Å². The Bertz CT molecular complexity index is 2900. The van der Waals surface area contributed by atoms with Gasteiger partial charge in [-0.15, -0.1) is 0 Å². The minimum atomic E-state index is -0.0108. The predicted octanol–water partition coefficient (Wildman–Crippen LogP) is 12.2. The van der Waals surface area contributed by atoms with Crippen LogP contribution >= 0.6 is 0 Å². The van der Waals surface area contributed by atoms with Crippen molar-refractivity contribution < 1.29 is 4.74 Å². The molecule has 4 heteroatoms. The van der Waals surface area contributed by atoms with Gasteiger partial charge >= 0.3 is 0 Å². The van der Waals surface area contributed by atoms with Crippen LogP contribution in [0.15, 0.2) is 133 Å². The van der Waals surface area contributed by atoms with Crippen molar-refractivity contribution in [1.82, 2.24) is 4.57 Å². The summed E-state index contributed by atoms with van der Waals surface area (Å²) in [5.41, 5.74) is 14.7. The lowest BCUT2D eigenvalue weighted by molar-refractivity contribution is 0.486. The van der Waals surface area contributed by atoms with Gasteiger partial charge in [-0.3, -0.25) is 0 Å². The molecule has 8 aromatic rings. The molecule has 0 unspecified atom stereocenters. The molecule has 3 nitrogen and oxygen atoms in total. The summed E-state index contributed by atoms with van der Waals surface area (Å²) >= 11 is 0. The molecule has 0 saturated heterocycles. The zero-order valence-corrected chi connectivity index (χ0v) is 34.1. The van der Waals surface area contributed by atoms with Gasteiger partial charge in [-0.25, -0.2) is 0 Å². The van der Waals surface area contributed by atoms with Crippen molar-refractivity contribution >= 4 is 72.7 Å². The Morgan fingerprint density at radius 3 is 1.80 bits per heavy atom. The van der Waals surface area contributed by atoms with E-state index >= 15 is 0 Å². The molecule has 7 aromatic carbocycles. The first kappa shape index (κ1) is 34.7. The van der Waals surface area contributed by atoms with Gasteiger partial charge < -0.3 is 14.2 Å². The van der Waals surface area contributed by atoms with E-state index < -0.39 is 0 Å². The number of anilines is 3. The summed E-state index contributed by atoms with van der Waals surface area (Å²) in [6.07, 6.45) is 0. The number of ether oxygens (including phenoxy) is 1. The molecule has 0 atom stereocenters. The first-order chi connectivity index (χ1) is 26.7. The Hall–Kier alpha value is -5.74. The summed E-state index contributed by atoms with van der Waals surface area (Å²) in [6.45, 7) is 20.7. The normalized spacial score (nSPS) is 13.9. The molecule has 0 N–H and O–H groups in total. The maximum absolute atomic E-state index is 7.15. The third-order valence-corrected chi connectivity index (χ3v) is 12.3. The molecule has 1 aromatic heterocycles. The summed E-state index contributed by atoms with van der Waals surface area (Å²) in [7, 11) is 0. The van der Waals surface area contributed by atoms with Crippen LogP contribution in [0.4, 0.5) is 17.1 Å². The van der Waals surface area contributed by atoms with Crippen LogP contribution in [0.25, 0.3) is 38.3 Å². The Kier molecular flexibility index (Phi) is 7.37. The van der Waals surface area contributed by atoms with Gasteiger partial charge in [-0.1, -0.05) is 147 Å². The van der Waals surface area contributed by atoms with Gasteiger partial charge in [0.15, 0.2) is 0 Å². The van der Waals surface area contributed by atoms with E-state index in [9.17, 15) is 0 Å². The lowest BCUT2D eigenvalue weighted by Crippen LogP contribution is -2.60. The largest absolute Gasteiger partial charge is 0.458 e. The van der Waals surface area contributed by atoms with Gasteiger partial charge in [0.1, 0.15) is 11.5 Å². The van der Waals surface area contributed by atoms with Gasteiger partial charge in [0.05, 0.1) is 16.7 Å². The molecule has 2 aliphatic rings. The summed E-state index contributed by atoms with van der Waals surface area (Å²) < 4.78 is 9.59. The Labute approximate surface area is 331 Å². The number of benzene rings is 7. The van der Waals surface area contributed by atoms with Gasteiger partial charge in [0.2, 0.25) is 0 Å². The van der Waals surface area contributed by atoms with Crippen molar-refractivity contribution in [2.24, 2.45) is 0 Å². The molecule has 0 aliphatic carbocycles. The molecular formula is C52H49BN2O. The minimum absolute atomic E-state index is 0.00425. The van der Waals surface area contributed by atoms with Crippen LogP contribution in [0.1, 0.15) is 79.0 Å². The highest BCUT2D eigenvalue weighted by molar-refractivity contribution is 6.99. The van der Waals surface area contributed by atoms with Gasteiger partial charge in [-0.2, -0.15) is 0 Å². The highest BCUT2D eigenvalue weighted by Crippen LogP contribution is 2.45. The second-order valence-corrected chi connectivity index (χ2v) is 19.1. The molecule has 56 heavy (non-hydrogen) atoms. The smallest absolute Gasteiger partial charge is 0.256 e. The highest BCUT2D eigenvalue weighted by Gasteiger charge is 2.43. The molecule has 276 valence electrons. The number of rotatable bonds is 2. The molecule has 0 radical (unpaired) electrons. The quantitative estimate of drug-likeness (QED) is 0.165. The highest BCUT2D eigenvalue weighted by atomic mass is 16.5. The number of aromatic nitrogens is 1. The average molecular weight is 729 g/mol. The molecule has 0 spiro atoms. The molecule has 10 rings (SSSR count). The van der Waals surface area contributed by atoms with Crippen molar-refractivity contribution in [3.05, 3.63) is 150 Å². The fourth-order valence-corrected chi connectivity index (χ4v) is 9.21. The predicted molar refractivity (Wildman–Crippen MR) is 240 cm³/mol. The lowest BCUT2D eigenvalue weighted by Gasteiger charge is -2.41. The number of para-hydroxylation sites is 1. The monoisotopic (exact) mass is 728 g/mol. The van der Waals surface area contributed by atoms with E-state index in [-0.39, 0.29) is 23.0 Å². The van der Waals surface area contributed by atoms with Gasteiger partial charge in [0, 0.05) is 33.9 Å². The van der Waals surface area contributed by atoms with E-state index in [0.717, 1.165) is 28.6 Å². The van der Waals surface area contributed by atoms with Crippen molar-refractivity contribution in [2.45, 2.75) is 78.6 Å². The van der Waals surface area contributed by atoms with Gasteiger partial charge in [-0.05, 0) is 103 Å². The second-order valence-electron chi connectivity index (χ2n) is 19.1. The van der Waals surface area contributed by atoms with Crippen LogP contribution < -0.4 is 26.0 Å². The maximum Gasteiger partial charge on any atom is 0.256 e. The summed E-state index contributed by atoms with van der Waals surface area (Å²) in [5, 5.41) is 5.04. The third kappa shape index (κ3) is 5.25. The SMILES string of the molecule is CC(C)(C)c1ccc(N2c3ccc(C(C)(C)C)cc3B3c4cc(C(C)(C)C)ccc4Oc4cc(-n5c6ccccc6c6c7ccccc7ccc65)cc2c43)cc1. The van der Waals surface area contributed by atoms with E-state index in [1.807, 2.05) is 0 Å². The fraction of sp³-hybridized carbons (Fsp3) is 0.231. The third-order valence-electron chi connectivity index (χ3n) is 12.3. The molecule has 0 bridgehead atoms.